The maximum Gasteiger partial charge on any atom is 0.128 e. The van der Waals surface area contributed by atoms with Crippen molar-refractivity contribution in [2.45, 2.75) is 33.2 Å². The molecule has 0 amide bonds. The van der Waals surface area contributed by atoms with Crippen LogP contribution in [0.1, 0.15) is 38.8 Å². The van der Waals surface area contributed by atoms with E-state index in [9.17, 15) is 4.39 Å². The average Bonchev–Trinajstić information content (AvgIpc) is 2.40. The van der Waals surface area contributed by atoms with Crippen LogP contribution in [-0.4, -0.2) is 24.5 Å². The van der Waals surface area contributed by atoms with Crippen LogP contribution in [0.5, 0.6) is 0 Å². The molecule has 0 radical (unpaired) electrons. The van der Waals surface area contributed by atoms with Crippen molar-refractivity contribution in [2.75, 3.05) is 19.6 Å². The van der Waals surface area contributed by atoms with E-state index in [-0.39, 0.29) is 11.9 Å². The number of hydrogen-bond acceptors (Lipinski definition) is 2. The second-order valence-corrected chi connectivity index (χ2v) is 4.87. The first-order valence-electron chi connectivity index (χ1n) is 6.82. The molecular weight excluding hydrogens is 227 g/mol. The number of nitrogens with two attached hydrogens (primary N) is 1. The molecule has 0 aliphatic rings. The van der Waals surface area contributed by atoms with Crippen LogP contribution in [0.2, 0.25) is 0 Å². The van der Waals surface area contributed by atoms with Crippen LogP contribution in [0.15, 0.2) is 24.3 Å². The van der Waals surface area contributed by atoms with Gasteiger partial charge in [-0.05, 0) is 18.5 Å². The zero-order valence-corrected chi connectivity index (χ0v) is 11.7. The van der Waals surface area contributed by atoms with Crippen molar-refractivity contribution in [3.05, 3.63) is 35.6 Å². The van der Waals surface area contributed by atoms with Crippen molar-refractivity contribution < 1.29 is 4.39 Å². The van der Waals surface area contributed by atoms with Crippen molar-refractivity contribution in [1.29, 1.82) is 0 Å². The predicted octanol–water partition coefficient (Wildman–Crippen LogP) is 3.19. The van der Waals surface area contributed by atoms with Crippen molar-refractivity contribution >= 4 is 0 Å². The van der Waals surface area contributed by atoms with Gasteiger partial charge >= 0.3 is 0 Å². The Bertz CT molecular complexity index is 354. The lowest BCUT2D eigenvalue weighted by atomic mass is 10.0. The minimum Gasteiger partial charge on any atom is -0.329 e. The molecule has 0 saturated heterocycles. The molecule has 0 fully saturated rings. The number of likely N-dealkylation sites (N-methyl/N-ethyl adjacent to an activating group) is 1. The fraction of sp³-hybridized carbons (Fsp3) is 0.600. The molecule has 2 atom stereocenters. The minimum atomic E-state index is -0.157. The molecule has 0 aliphatic heterocycles. The fourth-order valence-electron chi connectivity index (χ4n) is 2.22. The lowest BCUT2D eigenvalue weighted by Crippen LogP contribution is -2.37. The number of hydrogen-bond donors (Lipinski definition) is 1. The Hall–Kier alpha value is -0.930. The Morgan fingerprint density at radius 2 is 1.94 bits per heavy atom. The van der Waals surface area contributed by atoms with Crippen LogP contribution < -0.4 is 5.73 Å². The topological polar surface area (TPSA) is 29.3 Å². The third kappa shape index (κ3) is 3.79. The van der Waals surface area contributed by atoms with Gasteiger partial charge in [0.25, 0.3) is 0 Å². The smallest absolute Gasteiger partial charge is 0.128 e. The molecule has 0 spiro atoms. The summed E-state index contributed by atoms with van der Waals surface area (Å²) in [6, 6.07) is 6.92. The average molecular weight is 252 g/mol. The highest BCUT2D eigenvalue weighted by molar-refractivity contribution is 5.21. The molecule has 1 rings (SSSR count). The van der Waals surface area contributed by atoms with Crippen molar-refractivity contribution in [1.82, 2.24) is 4.90 Å². The number of rotatable bonds is 7. The van der Waals surface area contributed by atoms with Crippen LogP contribution in [0.25, 0.3) is 0 Å². The van der Waals surface area contributed by atoms with E-state index in [0.717, 1.165) is 19.5 Å². The molecule has 3 heteroatoms. The number of benzene rings is 1. The molecule has 2 N–H and O–H groups in total. The molecule has 102 valence electrons. The third-order valence-electron chi connectivity index (χ3n) is 3.58. The summed E-state index contributed by atoms with van der Waals surface area (Å²) in [7, 11) is 0. The van der Waals surface area contributed by atoms with E-state index in [2.05, 4.69) is 25.7 Å². The van der Waals surface area contributed by atoms with Crippen LogP contribution in [0, 0.1) is 11.7 Å². The van der Waals surface area contributed by atoms with E-state index in [1.165, 1.54) is 6.07 Å². The summed E-state index contributed by atoms with van der Waals surface area (Å²) in [4.78, 5) is 2.27. The summed E-state index contributed by atoms with van der Waals surface area (Å²) >= 11 is 0. The Morgan fingerprint density at radius 3 is 2.44 bits per heavy atom. The van der Waals surface area contributed by atoms with Crippen LogP contribution in [0.4, 0.5) is 4.39 Å². The van der Waals surface area contributed by atoms with Gasteiger partial charge in [-0.2, -0.15) is 0 Å². The largest absolute Gasteiger partial charge is 0.329 e. The van der Waals surface area contributed by atoms with Gasteiger partial charge in [-0.3, -0.25) is 4.90 Å². The van der Waals surface area contributed by atoms with E-state index in [1.807, 2.05) is 12.1 Å². The highest BCUT2D eigenvalue weighted by atomic mass is 19.1. The van der Waals surface area contributed by atoms with E-state index in [1.54, 1.807) is 6.07 Å². The van der Waals surface area contributed by atoms with Crippen molar-refractivity contribution in [2.24, 2.45) is 11.7 Å². The third-order valence-corrected chi connectivity index (χ3v) is 3.58. The van der Waals surface area contributed by atoms with Gasteiger partial charge in [0, 0.05) is 24.7 Å². The monoisotopic (exact) mass is 252 g/mol. The SMILES string of the molecule is CCC(C)CN(CC)C(CN)c1ccccc1F. The first kappa shape index (κ1) is 15.1. The van der Waals surface area contributed by atoms with E-state index < -0.39 is 0 Å². The van der Waals surface area contributed by atoms with Gasteiger partial charge in [0.05, 0.1) is 0 Å². The quantitative estimate of drug-likeness (QED) is 0.807. The van der Waals surface area contributed by atoms with Crippen LogP contribution in [0.3, 0.4) is 0 Å². The summed E-state index contributed by atoms with van der Waals surface area (Å²) in [5.74, 6) is 0.446. The maximum absolute atomic E-state index is 13.9. The van der Waals surface area contributed by atoms with Crippen LogP contribution in [-0.2, 0) is 0 Å². The Balaban J connectivity index is 2.89. The molecule has 0 saturated carbocycles. The second kappa shape index (κ2) is 7.49. The van der Waals surface area contributed by atoms with Crippen molar-refractivity contribution in [3.8, 4) is 0 Å². The summed E-state index contributed by atoms with van der Waals surface area (Å²) in [5.41, 5.74) is 6.57. The molecule has 0 bridgehead atoms. The minimum absolute atomic E-state index is 0.0230. The summed E-state index contributed by atoms with van der Waals surface area (Å²) in [5, 5.41) is 0. The molecule has 0 aliphatic carbocycles. The lowest BCUT2D eigenvalue weighted by molar-refractivity contribution is 0.179. The summed E-state index contributed by atoms with van der Waals surface area (Å²) in [6.07, 6.45) is 1.13. The van der Waals surface area contributed by atoms with Gasteiger partial charge in [0.2, 0.25) is 0 Å². The molecule has 1 aromatic carbocycles. The highest BCUT2D eigenvalue weighted by Gasteiger charge is 2.21. The maximum atomic E-state index is 13.9. The Morgan fingerprint density at radius 1 is 1.28 bits per heavy atom. The Kier molecular flexibility index (Phi) is 6.30. The Labute approximate surface area is 110 Å². The fourth-order valence-corrected chi connectivity index (χ4v) is 2.22. The molecule has 2 nitrogen and oxygen atoms in total. The standard InChI is InChI=1S/C15H25FN2/c1-4-12(3)11-18(5-2)15(10-17)13-8-6-7-9-14(13)16/h6-9,12,15H,4-5,10-11,17H2,1-3H3. The zero-order valence-electron chi connectivity index (χ0n) is 11.7. The van der Waals surface area contributed by atoms with E-state index in [4.69, 9.17) is 5.73 Å². The zero-order chi connectivity index (χ0) is 13.5. The van der Waals surface area contributed by atoms with Gasteiger partial charge in [-0.15, -0.1) is 0 Å². The lowest BCUT2D eigenvalue weighted by Gasteiger charge is -2.32. The summed E-state index contributed by atoms with van der Waals surface area (Å²) < 4.78 is 13.9. The second-order valence-electron chi connectivity index (χ2n) is 4.87. The molecule has 0 aromatic heterocycles. The highest BCUT2D eigenvalue weighted by Crippen LogP contribution is 2.23. The molecule has 18 heavy (non-hydrogen) atoms. The first-order chi connectivity index (χ1) is 8.63. The first-order valence-corrected chi connectivity index (χ1v) is 6.82. The number of halogens is 1. The molecular formula is C15H25FN2. The van der Waals surface area contributed by atoms with Gasteiger partial charge in [0.15, 0.2) is 0 Å². The van der Waals surface area contributed by atoms with Gasteiger partial charge in [-0.25, -0.2) is 4.39 Å². The molecule has 1 aromatic rings. The van der Waals surface area contributed by atoms with Gasteiger partial charge < -0.3 is 5.73 Å². The van der Waals surface area contributed by atoms with Crippen LogP contribution >= 0.6 is 0 Å². The number of nitrogens with zero attached hydrogens (tertiary/aromatic N) is 1. The van der Waals surface area contributed by atoms with Gasteiger partial charge in [0.1, 0.15) is 5.82 Å². The summed E-state index contributed by atoms with van der Waals surface area (Å²) in [6.45, 7) is 8.80. The predicted molar refractivity (Wildman–Crippen MR) is 74.9 cm³/mol. The molecule has 0 heterocycles. The van der Waals surface area contributed by atoms with Gasteiger partial charge in [-0.1, -0.05) is 45.4 Å². The molecule has 2 unspecified atom stereocenters. The van der Waals surface area contributed by atoms with E-state index in [0.29, 0.717) is 18.0 Å². The van der Waals surface area contributed by atoms with Crippen molar-refractivity contribution in [3.63, 3.8) is 0 Å². The normalized spacial score (nSPS) is 14.8. The van der Waals surface area contributed by atoms with E-state index >= 15 is 0 Å².